The zero-order valence-electron chi connectivity index (χ0n) is 10.8. The molecule has 0 saturated carbocycles. The molecule has 2 aliphatic rings. The van der Waals surface area contributed by atoms with Crippen molar-refractivity contribution in [3.63, 3.8) is 0 Å². The molecule has 0 N–H and O–H groups in total. The Morgan fingerprint density at radius 2 is 1.89 bits per heavy atom. The van der Waals surface area contributed by atoms with Gasteiger partial charge in [-0.05, 0) is 36.6 Å². The van der Waals surface area contributed by atoms with Gasteiger partial charge in [0.2, 0.25) is 0 Å². The summed E-state index contributed by atoms with van der Waals surface area (Å²) in [4.78, 5) is 16.9. The van der Waals surface area contributed by atoms with Gasteiger partial charge in [0.05, 0.1) is 0 Å². The normalized spacial score (nSPS) is 23.2. The molecule has 0 radical (unpaired) electrons. The molecule has 2 unspecified atom stereocenters. The van der Waals surface area contributed by atoms with Crippen LogP contribution in [-0.4, -0.2) is 10.8 Å². The number of ketones is 1. The Bertz CT molecular complexity index is 721. The van der Waals surface area contributed by atoms with Crippen LogP contribution in [0.5, 0.6) is 0 Å². The first-order valence-corrected chi connectivity index (χ1v) is 6.42. The Balaban J connectivity index is 2.07. The summed E-state index contributed by atoms with van der Waals surface area (Å²) in [6, 6.07) is 5.87. The fourth-order valence-electron chi connectivity index (χ4n) is 3.04. The third-order valence-electron chi connectivity index (χ3n) is 4.08. The Morgan fingerprint density at radius 3 is 2.74 bits per heavy atom. The van der Waals surface area contributed by atoms with Crippen LogP contribution in [-0.2, 0) is 4.74 Å². The maximum atomic E-state index is 12.8. The van der Waals surface area contributed by atoms with Crippen LogP contribution in [0.3, 0.4) is 0 Å². The van der Waals surface area contributed by atoms with Crippen molar-refractivity contribution in [2.75, 3.05) is 0 Å². The number of aryl methyl sites for hydroxylation is 2. The first kappa shape index (κ1) is 10.9. The van der Waals surface area contributed by atoms with Crippen LogP contribution in [0.15, 0.2) is 30.6 Å². The third kappa shape index (κ3) is 1.36. The number of fused-ring (bicyclic) bond motifs is 5. The van der Waals surface area contributed by atoms with Crippen molar-refractivity contribution >= 4 is 5.78 Å². The van der Waals surface area contributed by atoms with Crippen molar-refractivity contribution in [2.45, 2.75) is 26.1 Å². The van der Waals surface area contributed by atoms with E-state index in [0.717, 1.165) is 33.4 Å². The summed E-state index contributed by atoms with van der Waals surface area (Å²) in [5, 5.41) is 0. The molecule has 3 nitrogen and oxygen atoms in total. The van der Waals surface area contributed by atoms with Crippen LogP contribution < -0.4 is 0 Å². The number of benzene rings is 1. The molecule has 2 aromatic rings. The molecular formula is C16H13NO2. The predicted molar refractivity (Wildman–Crippen MR) is 70.2 cm³/mol. The molecule has 2 atom stereocenters. The van der Waals surface area contributed by atoms with Crippen LogP contribution in [0, 0.1) is 13.8 Å². The van der Waals surface area contributed by atoms with E-state index in [-0.39, 0.29) is 18.0 Å². The average molecular weight is 251 g/mol. The van der Waals surface area contributed by atoms with Gasteiger partial charge < -0.3 is 4.74 Å². The fraction of sp³-hybridized carbons (Fsp3) is 0.250. The predicted octanol–water partition coefficient (Wildman–Crippen LogP) is 3.06. The van der Waals surface area contributed by atoms with Gasteiger partial charge in [-0.1, -0.05) is 12.1 Å². The van der Waals surface area contributed by atoms with E-state index in [4.69, 9.17) is 4.74 Å². The summed E-state index contributed by atoms with van der Waals surface area (Å²) < 4.78 is 5.80. The van der Waals surface area contributed by atoms with Crippen molar-refractivity contribution in [1.29, 1.82) is 0 Å². The van der Waals surface area contributed by atoms with E-state index < -0.39 is 0 Å². The number of nitrogens with zero attached hydrogens (tertiary/aromatic N) is 1. The molecule has 0 spiro atoms. The van der Waals surface area contributed by atoms with Crippen molar-refractivity contribution in [3.8, 4) is 0 Å². The van der Waals surface area contributed by atoms with Crippen LogP contribution in [0.4, 0.5) is 0 Å². The number of hydrogen-bond acceptors (Lipinski definition) is 3. The molecule has 1 fully saturated rings. The minimum atomic E-state index is -0.00519. The second-order valence-corrected chi connectivity index (χ2v) is 5.26. The Morgan fingerprint density at radius 1 is 1.11 bits per heavy atom. The first-order chi connectivity index (χ1) is 9.18. The lowest BCUT2D eigenvalue weighted by atomic mass is 9.92. The zero-order valence-corrected chi connectivity index (χ0v) is 10.8. The van der Waals surface area contributed by atoms with Crippen LogP contribution in [0.2, 0.25) is 0 Å². The van der Waals surface area contributed by atoms with Crippen molar-refractivity contribution in [2.24, 2.45) is 0 Å². The maximum absolute atomic E-state index is 12.8. The molecule has 1 aromatic heterocycles. The molecular weight excluding hydrogens is 238 g/mol. The molecule has 19 heavy (non-hydrogen) atoms. The number of ether oxygens (including phenoxy) is 1. The quantitative estimate of drug-likeness (QED) is 0.676. The molecule has 1 aliphatic carbocycles. The van der Waals surface area contributed by atoms with Gasteiger partial charge in [0, 0.05) is 29.1 Å². The van der Waals surface area contributed by atoms with Crippen LogP contribution >= 0.6 is 0 Å². The topological polar surface area (TPSA) is 42.5 Å². The molecule has 3 heteroatoms. The standard InChI is InChI=1S/C16H13NO2/c1-8-3-4-9(2)13-12(8)14(18)10-5-6-17-7-11(10)15-16(13)19-15/h3-7,15-16H,1-2H3. The summed E-state index contributed by atoms with van der Waals surface area (Å²) in [5.74, 6) is 0.101. The Kier molecular flexibility index (Phi) is 2.01. The Labute approximate surface area is 111 Å². The third-order valence-corrected chi connectivity index (χ3v) is 4.08. The van der Waals surface area contributed by atoms with Crippen LogP contribution in [0.25, 0.3) is 0 Å². The van der Waals surface area contributed by atoms with E-state index in [1.54, 1.807) is 18.5 Å². The number of rotatable bonds is 0. The second kappa shape index (κ2) is 3.52. The number of hydrogen-bond donors (Lipinski definition) is 0. The number of carbonyl (C=O) groups is 1. The van der Waals surface area contributed by atoms with Gasteiger partial charge in [0.15, 0.2) is 5.78 Å². The molecule has 2 heterocycles. The number of pyridine rings is 1. The molecule has 0 bridgehead atoms. The average Bonchev–Trinajstić information content (AvgIpc) is 3.20. The van der Waals surface area contributed by atoms with Gasteiger partial charge in [-0.2, -0.15) is 0 Å². The highest BCUT2D eigenvalue weighted by Gasteiger charge is 2.48. The molecule has 1 saturated heterocycles. The maximum Gasteiger partial charge on any atom is 0.194 e. The number of carbonyl (C=O) groups excluding carboxylic acids is 1. The summed E-state index contributed by atoms with van der Waals surface area (Å²) in [7, 11) is 0. The van der Waals surface area contributed by atoms with Gasteiger partial charge in [0.25, 0.3) is 0 Å². The lowest BCUT2D eigenvalue weighted by Gasteiger charge is -2.12. The van der Waals surface area contributed by atoms with Gasteiger partial charge in [-0.15, -0.1) is 0 Å². The summed E-state index contributed by atoms with van der Waals surface area (Å²) in [6.07, 6.45) is 3.44. The van der Waals surface area contributed by atoms with Gasteiger partial charge in [-0.3, -0.25) is 9.78 Å². The van der Waals surface area contributed by atoms with Crippen molar-refractivity contribution in [1.82, 2.24) is 4.98 Å². The van der Waals surface area contributed by atoms with E-state index in [9.17, 15) is 4.79 Å². The summed E-state index contributed by atoms with van der Waals surface area (Å²) in [6.45, 7) is 4.03. The van der Waals surface area contributed by atoms with Gasteiger partial charge >= 0.3 is 0 Å². The SMILES string of the molecule is Cc1ccc(C)c2c1C(=O)c1ccncc1C1OC21. The highest BCUT2D eigenvalue weighted by Crippen LogP contribution is 2.55. The second-order valence-electron chi connectivity index (χ2n) is 5.26. The Hall–Kier alpha value is -2.00. The lowest BCUT2D eigenvalue weighted by molar-refractivity contribution is 0.103. The van der Waals surface area contributed by atoms with Crippen LogP contribution in [0.1, 0.15) is 50.4 Å². The molecule has 0 amide bonds. The number of epoxide rings is 1. The molecule has 4 rings (SSSR count). The van der Waals surface area contributed by atoms with E-state index in [2.05, 4.69) is 11.1 Å². The molecule has 1 aliphatic heterocycles. The zero-order chi connectivity index (χ0) is 13.1. The monoisotopic (exact) mass is 251 g/mol. The van der Waals surface area contributed by atoms with E-state index in [1.807, 2.05) is 19.9 Å². The fourth-order valence-corrected chi connectivity index (χ4v) is 3.04. The van der Waals surface area contributed by atoms with Crippen molar-refractivity contribution < 1.29 is 9.53 Å². The van der Waals surface area contributed by atoms with E-state index >= 15 is 0 Å². The molecule has 94 valence electrons. The highest BCUT2D eigenvalue weighted by atomic mass is 16.6. The lowest BCUT2D eigenvalue weighted by Crippen LogP contribution is -2.09. The largest absolute Gasteiger partial charge is 0.359 e. The smallest absolute Gasteiger partial charge is 0.194 e. The van der Waals surface area contributed by atoms with Gasteiger partial charge in [-0.25, -0.2) is 0 Å². The molecule has 1 aromatic carbocycles. The highest BCUT2D eigenvalue weighted by molar-refractivity contribution is 6.12. The minimum absolute atomic E-state index is 0.00519. The summed E-state index contributed by atoms with van der Waals surface area (Å²) >= 11 is 0. The van der Waals surface area contributed by atoms with E-state index in [0.29, 0.717) is 0 Å². The van der Waals surface area contributed by atoms with Gasteiger partial charge in [0.1, 0.15) is 12.2 Å². The summed E-state index contributed by atoms with van der Waals surface area (Å²) in [5.41, 5.74) is 5.68. The first-order valence-electron chi connectivity index (χ1n) is 6.42. The minimum Gasteiger partial charge on any atom is -0.359 e. The van der Waals surface area contributed by atoms with Crippen molar-refractivity contribution in [3.05, 3.63) is 64.0 Å². The number of aromatic nitrogens is 1. The van der Waals surface area contributed by atoms with E-state index in [1.165, 1.54) is 0 Å².